The van der Waals surface area contributed by atoms with E-state index in [1.54, 1.807) is 19.1 Å². The molecule has 0 saturated carbocycles. The number of methoxy groups -OCH3 is 1. The van der Waals surface area contributed by atoms with E-state index in [1.165, 1.54) is 7.11 Å². The molecule has 124 valence electrons. The molecule has 0 radical (unpaired) electrons. The van der Waals surface area contributed by atoms with E-state index in [1.807, 2.05) is 6.07 Å². The zero-order valence-corrected chi connectivity index (χ0v) is 15.1. The van der Waals surface area contributed by atoms with Crippen LogP contribution < -0.4 is 5.56 Å². The Bertz CT molecular complexity index is 1010. The average molecular weight is 383 g/mol. The second-order valence-corrected chi connectivity index (χ2v) is 6.98. The number of esters is 1. The van der Waals surface area contributed by atoms with E-state index in [2.05, 4.69) is 9.97 Å². The fraction of sp³-hybridized carbons (Fsp3) is 0.188. The molecular formula is C16H12Cl2N2O3S. The number of carbonyl (C=O) groups excluding carboxylic acids is 1. The maximum atomic E-state index is 12.4. The number of carbonyl (C=O) groups is 1. The second-order valence-electron chi connectivity index (χ2n) is 5.17. The molecule has 0 amide bonds. The highest BCUT2D eigenvalue weighted by Gasteiger charge is 2.19. The minimum Gasteiger partial charge on any atom is -0.465 e. The number of thiophene rings is 1. The van der Waals surface area contributed by atoms with Crippen LogP contribution in [0.5, 0.6) is 0 Å². The van der Waals surface area contributed by atoms with Gasteiger partial charge in [-0.3, -0.25) is 4.79 Å². The molecule has 0 aliphatic rings. The van der Waals surface area contributed by atoms with Crippen LogP contribution in [0.1, 0.15) is 26.6 Å². The van der Waals surface area contributed by atoms with Gasteiger partial charge in [0.25, 0.3) is 5.56 Å². The molecule has 0 aliphatic heterocycles. The van der Waals surface area contributed by atoms with Gasteiger partial charge in [0.2, 0.25) is 0 Å². The van der Waals surface area contributed by atoms with Gasteiger partial charge in [0.1, 0.15) is 15.5 Å². The normalized spacial score (nSPS) is 11.0. The third kappa shape index (κ3) is 3.05. The average Bonchev–Trinajstić information content (AvgIpc) is 2.87. The van der Waals surface area contributed by atoms with Crippen molar-refractivity contribution in [1.29, 1.82) is 0 Å². The van der Waals surface area contributed by atoms with Crippen LogP contribution in [0, 0.1) is 6.92 Å². The first-order chi connectivity index (χ1) is 11.4. The fourth-order valence-corrected chi connectivity index (χ4v) is 3.84. The number of aryl methyl sites for hydroxylation is 1. The van der Waals surface area contributed by atoms with Gasteiger partial charge in [-0.05, 0) is 30.2 Å². The van der Waals surface area contributed by atoms with Crippen LogP contribution in [-0.2, 0) is 11.2 Å². The summed E-state index contributed by atoms with van der Waals surface area (Å²) in [7, 11) is 1.31. The molecule has 1 aromatic carbocycles. The van der Waals surface area contributed by atoms with Crippen molar-refractivity contribution in [2.24, 2.45) is 0 Å². The Labute approximate surface area is 151 Å². The van der Waals surface area contributed by atoms with Crippen LogP contribution in [0.4, 0.5) is 0 Å². The van der Waals surface area contributed by atoms with Crippen LogP contribution in [0.2, 0.25) is 10.0 Å². The molecule has 0 spiro atoms. The number of rotatable bonds is 3. The summed E-state index contributed by atoms with van der Waals surface area (Å²) in [5.41, 5.74) is 1.17. The fourth-order valence-electron chi connectivity index (χ4n) is 2.40. The number of halogens is 2. The van der Waals surface area contributed by atoms with E-state index in [0.717, 1.165) is 16.9 Å². The molecule has 3 rings (SSSR count). The molecule has 0 aliphatic carbocycles. The smallest absolute Gasteiger partial charge is 0.348 e. The summed E-state index contributed by atoms with van der Waals surface area (Å²) < 4.78 is 4.74. The van der Waals surface area contributed by atoms with Crippen molar-refractivity contribution in [3.8, 4) is 0 Å². The van der Waals surface area contributed by atoms with Crippen LogP contribution in [0.3, 0.4) is 0 Å². The van der Waals surface area contributed by atoms with E-state index < -0.39 is 5.97 Å². The van der Waals surface area contributed by atoms with Crippen molar-refractivity contribution >= 4 is 50.7 Å². The van der Waals surface area contributed by atoms with Crippen LogP contribution in [0.15, 0.2) is 23.0 Å². The van der Waals surface area contributed by atoms with Gasteiger partial charge in [-0.1, -0.05) is 29.3 Å². The number of ether oxygens (including phenoxy) is 1. The lowest BCUT2D eigenvalue weighted by Gasteiger charge is -2.03. The Balaban J connectivity index is 2.06. The second kappa shape index (κ2) is 6.55. The number of hydrogen-bond donors (Lipinski definition) is 1. The summed E-state index contributed by atoms with van der Waals surface area (Å²) in [4.78, 5) is 32.3. The van der Waals surface area contributed by atoms with E-state index in [0.29, 0.717) is 42.9 Å². The largest absolute Gasteiger partial charge is 0.465 e. The van der Waals surface area contributed by atoms with E-state index >= 15 is 0 Å². The molecular weight excluding hydrogens is 371 g/mol. The van der Waals surface area contributed by atoms with Gasteiger partial charge in [-0.25, -0.2) is 9.78 Å². The Morgan fingerprint density at radius 2 is 2.08 bits per heavy atom. The summed E-state index contributed by atoms with van der Waals surface area (Å²) in [5.74, 6) is 0.0180. The molecule has 0 bridgehead atoms. The van der Waals surface area contributed by atoms with Crippen LogP contribution in [-0.4, -0.2) is 23.0 Å². The third-order valence-electron chi connectivity index (χ3n) is 3.58. The number of benzene rings is 1. The lowest BCUT2D eigenvalue weighted by Crippen LogP contribution is -2.12. The van der Waals surface area contributed by atoms with Crippen LogP contribution >= 0.6 is 34.5 Å². The quantitative estimate of drug-likeness (QED) is 0.695. The topological polar surface area (TPSA) is 72.0 Å². The number of H-pyrrole nitrogens is 1. The van der Waals surface area contributed by atoms with E-state index in [4.69, 9.17) is 27.9 Å². The first-order valence-corrected chi connectivity index (χ1v) is 8.52. The van der Waals surface area contributed by atoms with Crippen LogP contribution in [0.25, 0.3) is 10.2 Å². The molecule has 8 heteroatoms. The molecule has 5 nitrogen and oxygen atoms in total. The number of nitrogens with one attached hydrogen (secondary N) is 1. The van der Waals surface area contributed by atoms with Gasteiger partial charge in [-0.15, -0.1) is 11.3 Å². The standard InChI is InChI=1S/C16H12Cl2N2O3S/c1-7-12-14(21)19-11(6-8-3-4-9(17)10(18)5-8)20-15(12)24-13(7)16(22)23-2/h3-5H,6H2,1-2H3,(H,19,20,21). The first kappa shape index (κ1) is 17.0. The van der Waals surface area contributed by atoms with E-state index in [9.17, 15) is 9.59 Å². The molecule has 2 aromatic heterocycles. The predicted molar refractivity (Wildman–Crippen MR) is 95.6 cm³/mol. The molecule has 3 aromatic rings. The molecule has 0 fully saturated rings. The van der Waals surface area contributed by atoms with Gasteiger partial charge in [0.15, 0.2) is 0 Å². The van der Waals surface area contributed by atoms with Gasteiger partial charge in [-0.2, -0.15) is 0 Å². The van der Waals surface area contributed by atoms with Crippen molar-refractivity contribution in [3.05, 3.63) is 60.4 Å². The summed E-state index contributed by atoms with van der Waals surface area (Å²) >= 11 is 13.1. The van der Waals surface area contributed by atoms with Crippen molar-refractivity contribution in [3.63, 3.8) is 0 Å². The molecule has 1 N–H and O–H groups in total. The zero-order valence-electron chi connectivity index (χ0n) is 12.8. The molecule has 24 heavy (non-hydrogen) atoms. The van der Waals surface area contributed by atoms with Gasteiger partial charge in [0, 0.05) is 6.42 Å². The van der Waals surface area contributed by atoms with Gasteiger partial charge in [0.05, 0.1) is 22.5 Å². The molecule has 0 unspecified atom stereocenters. The maximum absolute atomic E-state index is 12.4. The van der Waals surface area contributed by atoms with Crippen molar-refractivity contribution in [2.75, 3.05) is 7.11 Å². The lowest BCUT2D eigenvalue weighted by molar-refractivity contribution is 0.0605. The lowest BCUT2D eigenvalue weighted by atomic mass is 10.1. The highest BCUT2D eigenvalue weighted by atomic mass is 35.5. The highest BCUT2D eigenvalue weighted by molar-refractivity contribution is 7.20. The summed E-state index contributed by atoms with van der Waals surface area (Å²) in [6.07, 6.45) is 0.395. The SMILES string of the molecule is COC(=O)c1sc2nc(Cc3ccc(Cl)c(Cl)c3)[nH]c(=O)c2c1C. The summed E-state index contributed by atoms with van der Waals surface area (Å²) in [6.45, 7) is 1.71. The first-order valence-electron chi connectivity index (χ1n) is 6.95. The van der Waals surface area contributed by atoms with E-state index in [-0.39, 0.29) is 5.56 Å². The van der Waals surface area contributed by atoms with Crippen molar-refractivity contribution < 1.29 is 9.53 Å². The van der Waals surface area contributed by atoms with Gasteiger partial charge >= 0.3 is 5.97 Å². The monoisotopic (exact) mass is 382 g/mol. The molecule has 0 atom stereocenters. The number of hydrogen-bond acceptors (Lipinski definition) is 5. The molecule has 2 heterocycles. The summed E-state index contributed by atoms with van der Waals surface area (Å²) in [5, 5.41) is 1.32. The number of aromatic amines is 1. The maximum Gasteiger partial charge on any atom is 0.348 e. The van der Waals surface area contributed by atoms with Crippen molar-refractivity contribution in [2.45, 2.75) is 13.3 Å². The minimum absolute atomic E-state index is 0.279. The highest BCUT2D eigenvalue weighted by Crippen LogP contribution is 2.28. The Hall–Kier alpha value is -1.89. The number of fused-ring (bicyclic) bond motifs is 1. The Morgan fingerprint density at radius 1 is 1.33 bits per heavy atom. The van der Waals surface area contributed by atoms with Gasteiger partial charge < -0.3 is 9.72 Å². The Kier molecular flexibility index (Phi) is 4.62. The third-order valence-corrected chi connectivity index (χ3v) is 5.48. The summed E-state index contributed by atoms with van der Waals surface area (Å²) in [6, 6.07) is 5.24. The number of nitrogens with zero attached hydrogens (tertiary/aromatic N) is 1. The number of aromatic nitrogens is 2. The Morgan fingerprint density at radius 3 is 2.75 bits per heavy atom. The predicted octanol–water partition coefficient (Wildman–Crippen LogP) is 3.98. The zero-order chi connectivity index (χ0) is 17.4. The minimum atomic E-state index is -0.471. The van der Waals surface area contributed by atoms with Crippen molar-refractivity contribution in [1.82, 2.24) is 9.97 Å². The molecule has 0 saturated heterocycles.